The van der Waals surface area contributed by atoms with Crippen molar-refractivity contribution in [2.75, 3.05) is 18.5 Å². The van der Waals surface area contributed by atoms with Gasteiger partial charge in [0.15, 0.2) is 5.13 Å². The van der Waals surface area contributed by atoms with Crippen LogP contribution in [0.2, 0.25) is 0 Å². The van der Waals surface area contributed by atoms with Gasteiger partial charge >= 0.3 is 6.03 Å². The highest BCUT2D eigenvalue weighted by molar-refractivity contribution is 7.83. The van der Waals surface area contributed by atoms with E-state index >= 15 is 0 Å². The molecular weight excluding hydrogens is 318 g/mol. The Hall–Kier alpha value is -0.790. The molecule has 0 bridgehead atoms. The van der Waals surface area contributed by atoms with Crippen LogP contribution in [0, 0.1) is 0 Å². The van der Waals surface area contributed by atoms with E-state index in [0.29, 0.717) is 11.2 Å². The number of aromatic nitrogens is 1. The summed E-state index contributed by atoms with van der Waals surface area (Å²) in [6.45, 7) is 1.50. The number of hydrogen-bond acceptors (Lipinski definition) is 5. The van der Waals surface area contributed by atoms with E-state index < -0.39 is 0 Å². The predicted molar refractivity (Wildman–Crippen MR) is 90.9 cm³/mol. The Kier molecular flexibility index (Phi) is 5.60. The number of ether oxygens (including phenoxy) is 1. The maximum atomic E-state index is 12.8. The monoisotopic (exact) mass is 341 g/mol. The van der Waals surface area contributed by atoms with Gasteiger partial charge in [0.05, 0.1) is 10.4 Å². The van der Waals surface area contributed by atoms with Crippen LogP contribution in [0.3, 0.4) is 0 Å². The Balaban J connectivity index is 1.72. The van der Waals surface area contributed by atoms with Crippen LogP contribution < -0.4 is 5.32 Å². The van der Waals surface area contributed by atoms with Crippen LogP contribution in [0.4, 0.5) is 9.93 Å². The number of amides is 2. The molecule has 1 aromatic rings. The first kappa shape index (κ1) is 16.1. The smallest absolute Gasteiger partial charge is 0.324 e. The maximum absolute atomic E-state index is 12.8. The van der Waals surface area contributed by atoms with Gasteiger partial charge in [0.25, 0.3) is 0 Å². The molecule has 0 unspecified atom stereocenters. The van der Waals surface area contributed by atoms with Gasteiger partial charge in [0.2, 0.25) is 0 Å². The molecule has 2 fully saturated rings. The highest BCUT2D eigenvalue weighted by Crippen LogP contribution is 2.29. The summed E-state index contributed by atoms with van der Waals surface area (Å²) in [4.78, 5) is 19.1. The Morgan fingerprint density at radius 2 is 1.91 bits per heavy atom. The number of urea groups is 1. The Morgan fingerprint density at radius 1 is 1.23 bits per heavy atom. The fourth-order valence-electron chi connectivity index (χ4n) is 3.43. The van der Waals surface area contributed by atoms with E-state index in [-0.39, 0.29) is 12.1 Å². The summed E-state index contributed by atoms with van der Waals surface area (Å²) in [5.41, 5.74) is 0. The van der Waals surface area contributed by atoms with Crippen LogP contribution in [-0.4, -0.2) is 41.2 Å². The summed E-state index contributed by atoms with van der Waals surface area (Å²) in [5, 5.41) is 3.59. The van der Waals surface area contributed by atoms with E-state index in [0.717, 1.165) is 43.1 Å². The molecule has 1 aliphatic carbocycles. The average molecular weight is 342 g/mol. The average Bonchev–Trinajstić information content (AvgIpc) is 2.95. The van der Waals surface area contributed by atoms with E-state index in [1.54, 1.807) is 6.20 Å². The number of anilines is 1. The van der Waals surface area contributed by atoms with E-state index in [2.05, 4.69) is 27.8 Å². The molecule has 1 saturated heterocycles. The molecule has 0 atom stereocenters. The number of thiol groups is 1. The highest BCUT2D eigenvalue weighted by Gasteiger charge is 2.33. The quantitative estimate of drug-likeness (QED) is 0.823. The summed E-state index contributed by atoms with van der Waals surface area (Å²) < 4.78 is 6.27. The number of thiazole rings is 1. The number of rotatable bonds is 3. The third-order valence-electron chi connectivity index (χ3n) is 4.49. The van der Waals surface area contributed by atoms with E-state index in [9.17, 15) is 4.79 Å². The minimum Gasteiger partial charge on any atom is -0.381 e. The molecule has 1 N–H and O–H groups in total. The van der Waals surface area contributed by atoms with Crippen LogP contribution >= 0.6 is 24.0 Å². The molecule has 0 radical (unpaired) electrons. The molecule has 1 aromatic heterocycles. The van der Waals surface area contributed by atoms with Gasteiger partial charge < -0.3 is 9.64 Å². The van der Waals surface area contributed by atoms with Crippen molar-refractivity contribution < 1.29 is 9.53 Å². The minimum atomic E-state index is -0.0125. The minimum absolute atomic E-state index is 0.0125. The van der Waals surface area contributed by atoms with Crippen molar-refractivity contribution in [1.82, 2.24) is 9.88 Å². The third-order valence-corrected chi connectivity index (χ3v) is 5.60. The second-order valence-corrected chi connectivity index (χ2v) is 7.79. The number of nitrogens with one attached hydrogen (secondary N) is 1. The Morgan fingerprint density at radius 3 is 2.55 bits per heavy atom. The molecule has 122 valence electrons. The second kappa shape index (κ2) is 7.66. The van der Waals surface area contributed by atoms with Crippen molar-refractivity contribution in [2.24, 2.45) is 0 Å². The van der Waals surface area contributed by atoms with Gasteiger partial charge in [-0.2, -0.15) is 0 Å². The molecule has 7 heteroatoms. The second-order valence-electron chi connectivity index (χ2n) is 5.98. The van der Waals surface area contributed by atoms with Crippen LogP contribution in [-0.2, 0) is 4.74 Å². The number of nitrogens with zero attached hydrogens (tertiary/aromatic N) is 2. The SMILES string of the molecule is O=C(Nc1ncc(S)s1)N(C1CCCCC1)C1CCOCC1. The number of carbonyl (C=O) groups excluding carboxylic acids is 1. The molecule has 2 aliphatic rings. The Bertz CT molecular complexity index is 479. The maximum Gasteiger partial charge on any atom is 0.324 e. The third kappa shape index (κ3) is 3.94. The van der Waals surface area contributed by atoms with Crippen molar-refractivity contribution in [3.05, 3.63) is 6.20 Å². The first-order valence-electron chi connectivity index (χ1n) is 8.06. The molecule has 2 heterocycles. The molecule has 0 spiro atoms. The molecule has 3 rings (SSSR count). The van der Waals surface area contributed by atoms with E-state index in [4.69, 9.17) is 4.74 Å². The fourth-order valence-corrected chi connectivity index (χ4v) is 4.30. The van der Waals surface area contributed by atoms with Gasteiger partial charge in [-0.05, 0) is 25.7 Å². The molecule has 1 aliphatic heterocycles. The van der Waals surface area contributed by atoms with Crippen molar-refractivity contribution in [3.8, 4) is 0 Å². The van der Waals surface area contributed by atoms with Gasteiger partial charge in [-0.25, -0.2) is 9.78 Å². The van der Waals surface area contributed by atoms with Crippen LogP contribution in [0.25, 0.3) is 0 Å². The summed E-state index contributed by atoms with van der Waals surface area (Å²) in [6, 6.07) is 0.626. The molecule has 0 aromatic carbocycles. The zero-order valence-electron chi connectivity index (χ0n) is 12.7. The van der Waals surface area contributed by atoms with Gasteiger partial charge in [-0.15, -0.1) is 12.6 Å². The topological polar surface area (TPSA) is 54.5 Å². The first-order chi connectivity index (χ1) is 10.7. The van der Waals surface area contributed by atoms with Gasteiger partial charge in [0.1, 0.15) is 0 Å². The predicted octanol–water partition coefficient (Wildman–Crippen LogP) is 3.78. The summed E-state index contributed by atoms with van der Waals surface area (Å²) in [6.07, 6.45) is 9.48. The van der Waals surface area contributed by atoms with Crippen molar-refractivity contribution in [1.29, 1.82) is 0 Å². The lowest BCUT2D eigenvalue weighted by Crippen LogP contribution is -2.51. The van der Waals surface area contributed by atoms with Crippen molar-refractivity contribution >= 4 is 35.1 Å². The van der Waals surface area contributed by atoms with Crippen molar-refractivity contribution in [2.45, 2.75) is 61.2 Å². The van der Waals surface area contributed by atoms with Crippen molar-refractivity contribution in [3.63, 3.8) is 0 Å². The summed E-state index contributed by atoms with van der Waals surface area (Å²) in [7, 11) is 0. The molecule has 22 heavy (non-hydrogen) atoms. The normalized spacial score (nSPS) is 20.8. The van der Waals surface area contributed by atoms with Gasteiger partial charge in [-0.1, -0.05) is 30.6 Å². The van der Waals surface area contributed by atoms with E-state index in [1.807, 2.05) is 0 Å². The standard InChI is InChI=1S/C15H23N3O2S2/c19-15(17-14-16-10-13(21)22-14)18(11-4-2-1-3-5-11)12-6-8-20-9-7-12/h10-12,21H,1-9H2,(H,16,17,19). The van der Waals surface area contributed by atoms with Crippen LogP contribution in [0.1, 0.15) is 44.9 Å². The number of hydrogen-bond donors (Lipinski definition) is 2. The summed E-state index contributed by atoms with van der Waals surface area (Å²) in [5.74, 6) is 0. The molecule has 2 amide bonds. The van der Waals surface area contributed by atoms with Crippen LogP contribution in [0.5, 0.6) is 0 Å². The lowest BCUT2D eigenvalue weighted by atomic mass is 9.92. The summed E-state index contributed by atoms with van der Waals surface area (Å²) >= 11 is 5.65. The van der Waals surface area contributed by atoms with Crippen LogP contribution in [0.15, 0.2) is 10.4 Å². The largest absolute Gasteiger partial charge is 0.381 e. The first-order valence-corrected chi connectivity index (χ1v) is 9.32. The molecular formula is C15H23N3O2S2. The molecule has 1 saturated carbocycles. The zero-order chi connectivity index (χ0) is 15.4. The molecule has 5 nitrogen and oxygen atoms in total. The Labute approximate surface area is 140 Å². The van der Waals surface area contributed by atoms with E-state index in [1.165, 1.54) is 30.6 Å². The highest BCUT2D eigenvalue weighted by atomic mass is 32.2. The number of carbonyl (C=O) groups is 1. The zero-order valence-corrected chi connectivity index (χ0v) is 14.4. The lowest BCUT2D eigenvalue weighted by Gasteiger charge is -2.41. The van der Waals surface area contributed by atoms with Gasteiger partial charge in [-0.3, -0.25) is 5.32 Å². The lowest BCUT2D eigenvalue weighted by molar-refractivity contribution is 0.0302. The fraction of sp³-hybridized carbons (Fsp3) is 0.733. The van der Waals surface area contributed by atoms with Gasteiger partial charge in [0, 0.05) is 25.3 Å².